The Morgan fingerprint density at radius 1 is 1.12 bits per heavy atom. The van der Waals surface area contributed by atoms with Crippen LogP contribution in [0.25, 0.3) is 0 Å². The molecule has 0 heterocycles. The standard InChI is InChI=1S/C13H19Cl2N/c1-3-4-5-6-13(16-2)10-7-11(14)9-12(15)8-10/h7-9,13,16H,3-6H2,1-2H3. The fourth-order valence-corrected chi connectivity index (χ4v) is 2.40. The van der Waals surface area contributed by atoms with Gasteiger partial charge < -0.3 is 5.32 Å². The second-order valence-electron chi connectivity index (χ2n) is 4.04. The number of halogens is 2. The summed E-state index contributed by atoms with van der Waals surface area (Å²) < 4.78 is 0. The lowest BCUT2D eigenvalue weighted by molar-refractivity contribution is 0.512. The topological polar surface area (TPSA) is 12.0 Å². The quantitative estimate of drug-likeness (QED) is 0.722. The highest BCUT2D eigenvalue weighted by Crippen LogP contribution is 2.26. The molecule has 1 aromatic rings. The number of unbranched alkanes of at least 4 members (excludes halogenated alkanes) is 2. The van der Waals surface area contributed by atoms with Crippen molar-refractivity contribution in [1.29, 1.82) is 0 Å². The number of hydrogen-bond donors (Lipinski definition) is 1. The van der Waals surface area contributed by atoms with Crippen LogP contribution < -0.4 is 5.32 Å². The van der Waals surface area contributed by atoms with Gasteiger partial charge in [-0.15, -0.1) is 0 Å². The molecular weight excluding hydrogens is 241 g/mol. The predicted molar refractivity (Wildman–Crippen MR) is 72.4 cm³/mol. The van der Waals surface area contributed by atoms with Gasteiger partial charge in [-0.1, -0.05) is 49.4 Å². The van der Waals surface area contributed by atoms with Crippen molar-refractivity contribution in [3.8, 4) is 0 Å². The number of hydrogen-bond acceptors (Lipinski definition) is 1. The average Bonchev–Trinajstić information content (AvgIpc) is 2.23. The Morgan fingerprint density at radius 3 is 2.25 bits per heavy atom. The SMILES string of the molecule is CCCCCC(NC)c1cc(Cl)cc(Cl)c1. The molecule has 3 heteroatoms. The second-order valence-corrected chi connectivity index (χ2v) is 4.91. The van der Waals surface area contributed by atoms with E-state index in [1.165, 1.54) is 24.8 Å². The minimum absolute atomic E-state index is 0.350. The highest BCUT2D eigenvalue weighted by atomic mass is 35.5. The highest BCUT2D eigenvalue weighted by Gasteiger charge is 2.10. The summed E-state index contributed by atoms with van der Waals surface area (Å²) in [5.74, 6) is 0. The van der Waals surface area contributed by atoms with Gasteiger partial charge in [-0.3, -0.25) is 0 Å². The van der Waals surface area contributed by atoms with Gasteiger partial charge in [-0.05, 0) is 37.2 Å². The third-order valence-corrected chi connectivity index (χ3v) is 3.17. The van der Waals surface area contributed by atoms with Crippen molar-refractivity contribution in [3.63, 3.8) is 0 Å². The van der Waals surface area contributed by atoms with Crippen LogP contribution in [0, 0.1) is 0 Å². The lowest BCUT2D eigenvalue weighted by Crippen LogP contribution is -2.16. The van der Waals surface area contributed by atoms with Crippen LogP contribution in [-0.2, 0) is 0 Å². The molecule has 0 aliphatic rings. The monoisotopic (exact) mass is 259 g/mol. The van der Waals surface area contributed by atoms with Gasteiger partial charge in [0.25, 0.3) is 0 Å². The zero-order chi connectivity index (χ0) is 12.0. The fourth-order valence-electron chi connectivity index (χ4n) is 1.85. The summed E-state index contributed by atoms with van der Waals surface area (Å²) in [6, 6.07) is 6.09. The molecule has 0 saturated carbocycles. The molecule has 0 bridgehead atoms. The summed E-state index contributed by atoms with van der Waals surface area (Å²) >= 11 is 12.0. The summed E-state index contributed by atoms with van der Waals surface area (Å²) in [5, 5.41) is 4.73. The zero-order valence-electron chi connectivity index (χ0n) is 9.89. The second kappa shape index (κ2) is 7.16. The Hall–Kier alpha value is -0.240. The molecule has 0 fully saturated rings. The van der Waals surface area contributed by atoms with E-state index in [1.54, 1.807) is 6.07 Å². The summed E-state index contributed by atoms with van der Waals surface area (Å²) in [6.45, 7) is 2.21. The minimum atomic E-state index is 0.350. The van der Waals surface area contributed by atoms with E-state index in [2.05, 4.69) is 12.2 Å². The highest BCUT2D eigenvalue weighted by molar-refractivity contribution is 6.34. The first-order chi connectivity index (χ1) is 7.67. The van der Waals surface area contributed by atoms with Crippen LogP contribution in [0.15, 0.2) is 18.2 Å². The minimum Gasteiger partial charge on any atom is -0.313 e. The summed E-state index contributed by atoms with van der Waals surface area (Å²) in [5.41, 5.74) is 1.18. The fraction of sp³-hybridized carbons (Fsp3) is 0.538. The van der Waals surface area contributed by atoms with E-state index in [0.29, 0.717) is 16.1 Å². The zero-order valence-corrected chi connectivity index (χ0v) is 11.4. The normalized spacial score (nSPS) is 12.8. The maximum atomic E-state index is 6.00. The molecule has 1 unspecified atom stereocenters. The molecule has 0 aliphatic carbocycles. The third-order valence-electron chi connectivity index (χ3n) is 2.73. The third kappa shape index (κ3) is 4.32. The van der Waals surface area contributed by atoms with E-state index in [-0.39, 0.29) is 0 Å². The van der Waals surface area contributed by atoms with Crippen LogP contribution in [0.3, 0.4) is 0 Å². The van der Waals surface area contributed by atoms with Crippen LogP contribution in [0.1, 0.15) is 44.2 Å². The van der Waals surface area contributed by atoms with Crippen LogP contribution in [-0.4, -0.2) is 7.05 Å². The van der Waals surface area contributed by atoms with Crippen molar-refractivity contribution in [2.75, 3.05) is 7.05 Å². The average molecular weight is 260 g/mol. The van der Waals surface area contributed by atoms with Crippen molar-refractivity contribution in [3.05, 3.63) is 33.8 Å². The number of nitrogens with one attached hydrogen (secondary N) is 1. The Morgan fingerprint density at radius 2 is 1.75 bits per heavy atom. The van der Waals surface area contributed by atoms with E-state index in [1.807, 2.05) is 19.2 Å². The van der Waals surface area contributed by atoms with E-state index >= 15 is 0 Å². The van der Waals surface area contributed by atoms with Crippen molar-refractivity contribution in [2.45, 2.75) is 38.6 Å². The van der Waals surface area contributed by atoms with Crippen molar-refractivity contribution >= 4 is 23.2 Å². The van der Waals surface area contributed by atoms with Crippen LogP contribution >= 0.6 is 23.2 Å². The molecular formula is C13H19Cl2N. The van der Waals surface area contributed by atoms with Gasteiger partial charge in [0.05, 0.1) is 0 Å². The lowest BCUT2D eigenvalue weighted by Gasteiger charge is -2.17. The number of rotatable bonds is 6. The van der Waals surface area contributed by atoms with Gasteiger partial charge in [0.15, 0.2) is 0 Å². The molecule has 1 N–H and O–H groups in total. The van der Waals surface area contributed by atoms with Gasteiger partial charge in [0, 0.05) is 16.1 Å². The van der Waals surface area contributed by atoms with Gasteiger partial charge in [0.1, 0.15) is 0 Å². The van der Waals surface area contributed by atoms with E-state index in [0.717, 1.165) is 6.42 Å². The van der Waals surface area contributed by atoms with Crippen LogP contribution in [0.4, 0.5) is 0 Å². The van der Waals surface area contributed by atoms with Crippen molar-refractivity contribution in [1.82, 2.24) is 5.32 Å². The molecule has 0 radical (unpaired) electrons. The van der Waals surface area contributed by atoms with Gasteiger partial charge >= 0.3 is 0 Å². The van der Waals surface area contributed by atoms with Crippen LogP contribution in [0.2, 0.25) is 10.0 Å². The molecule has 0 saturated heterocycles. The van der Waals surface area contributed by atoms with E-state index < -0.39 is 0 Å². The van der Waals surface area contributed by atoms with Gasteiger partial charge in [0.2, 0.25) is 0 Å². The first-order valence-electron chi connectivity index (χ1n) is 5.80. The molecule has 1 atom stereocenters. The first kappa shape index (κ1) is 13.8. The Balaban J connectivity index is 2.70. The first-order valence-corrected chi connectivity index (χ1v) is 6.56. The van der Waals surface area contributed by atoms with E-state index in [9.17, 15) is 0 Å². The largest absolute Gasteiger partial charge is 0.313 e. The molecule has 0 aromatic heterocycles. The lowest BCUT2D eigenvalue weighted by atomic mass is 10.0. The Labute approximate surface area is 108 Å². The van der Waals surface area contributed by atoms with Crippen molar-refractivity contribution in [2.24, 2.45) is 0 Å². The summed E-state index contributed by atoms with van der Waals surface area (Å²) in [4.78, 5) is 0. The smallest absolute Gasteiger partial charge is 0.0424 e. The molecule has 1 rings (SSSR count). The van der Waals surface area contributed by atoms with Crippen LogP contribution in [0.5, 0.6) is 0 Å². The molecule has 0 aliphatic heterocycles. The predicted octanol–water partition coefficient (Wildman–Crippen LogP) is 4.83. The molecule has 0 amide bonds. The summed E-state index contributed by atoms with van der Waals surface area (Å²) in [7, 11) is 1.98. The molecule has 0 spiro atoms. The summed E-state index contributed by atoms with van der Waals surface area (Å²) in [6.07, 6.45) is 4.87. The molecule has 90 valence electrons. The Bertz CT molecular complexity index is 305. The number of benzene rings is 1. The maximum Gasteiger partial charge on any atom is 0.0424 e. The molecule has 1 nitrogen and oxygen atoms in total. The van der Waals surface area contributed by atoms with Gasteiger partial charge in [-0.2, -0.15) is 0 Å². The maximum absolute atomic E-state index is 6.00. The Kier molecular flexibility index (Phi) is 6.18. The molecule has 1 aromatic carbocycles. The van der Waals surface area contributed by atoms with Gasteiger partial charge in [-0.25, -0.2) is 0 Å². The van der Waals surface area contributed by atoms with E-state index in [4.69, 9.17) is 23.2 Å². The molecule has 16 heavy (non-hydrogen) atoms. The van der Waals surface area contributed by atoms with Crippen molar-refractivity contribution < 1.29 is 0 Å².